The summed E-state index contributed by atoms with van der Waals surface area (Å²) in [5, 5.41) is 2.99. The molecule has 0 aromatic carbocycles. The SMILES string of the molecule is CC.CC(=O)Nc1ccc(Cl)nc1. The Bertz CT molecular complexity index is 259. The lowest BCUT2D eigenvalue weighted by Gasteiger charge is -1.98. The maximum atomic E-state index is 10.5. The van der Waals surface area contributed by atoms with Gasteiger partial charge in [-0.1, -0.05) is 25.4 Å². The van der Waals surface area contributed by atoms with E-state index in [1.165, 1.54) is 13.1 Å². The van der Waals surface area contributed by atoms with Crippen LogP contribution in [0, 0.1) is 0 Å². The molecule has 0 radical (unpaired) electrons. The van der Waals surface area contributed by atoms with Gasteiger partial charge in [-0.25, -0.2) is 4.98 Å². The van der Waals surface area contributed by atoms with Gasteiger partial charge in [0.05, 0.1) is 11.9 Å². The van der Waals surface area contributed by atoms with Crippen molar-refractivity contribution in [1.29, 1.82) is 0 Å². The highest BCUT2D eigenvalue weighted by Crippen LogP contribution is 2.08. The zero-order chi connectivity index (χ0) is 10.3. The Balaban J connectivity index is 0.000000671. The van der Waals surface area contributed by atoms with Crippen molar-refractivity contribution in [2.45, 2.75) is 20.8 Å². The van der Waals surface area contributed by atoms with Crippen LogP contribution >= 0.6 is 11.6 Å². The molecule has 3 nitrogen and oxygen atoms in total. The van der Waals surface area contributed by atoms with E-state index in [-0.39, 0.29) is 5.91 Å². The molecule has 72 valence electrons. The quantitative estimate of drug-likeness (QED) is 0.709. The zero-order valence-corrected chi connectivity index (χ0v) is 8.72. The first-order valence-corrected chi connectivity index (χ1v) is 4.45. The molecule has 4 heteroatoms. The van der Waals surface area contributed by atoms with Crippen molar-refractivity contribution in [1.82, 2.24) is 4.98 Å². The van der Waals surface area contributed by atoms with Gasteiger partial charge < -0.3 is 5.32 Å². The number of carbonyl (C=O) groups is 1. The number of aromatic nitrogens is 1. The minimum Gasteiger partial charge on any atom is -0.325 e. The van der Waals surface area contributed by atoms with Crippen LogP contribution in [0.1, 0.15) is 20.8 Å². The molecule has 0 bridgehead atoms. The maximum Gasteiger partial charge on any atom is 0.221 e. The summed E-state index contributed by atoms with van der Waals surface area (Å²) in [6.45, 7) is 5.44. The van der Waals surface area contributed by atoms with E-state index in [0.29, 0.717) is 10.8 Å². The normalized spacial score (nSPS) is 8.31. The molecule has 1 N–H and O–H groups in total. The summed E-state index contributed by atoms with van der Waals surface area (Å²) in [5.74, 6) is -0.117. The number of halogens is 1. The molecule has 0 spiro atoms. The average Bonchev–Trinajstić information content (AvgIpc) is 2.12. The predicted octanol–water partition coefficient (Wildman–Crippen LogP) is 2.72. The molecular formula is C9H13ClN2O. The van der Waals surface area contributed by atoms with E-state index >= 15 is 0 Å². The zero-order valence-electron chi connectivity index (χ0n) is 7.97. The van der Waals surface area contributed by atoms with Crippen molar-refractivity contribution in [3.05, 3.63) is 23.5 Å². The van der Waals surface area contributed by atoms with E-state index in [9.17, 15) is 4.79 Å². The molecule has 1 amide bonds. The number of hydrogen-bond acceptors (Lipinski definition) is 2. The van der Waals surface area contributed by atoms with Crippen LogP contribution in [0.3, 0.4) is 0 Å². The maximum absolute atomic E-state index is 10.5. The molecule has 1 aromatic heterocycles. The van der Waals surface area contributed by atoms with Gasteiger partial charge in [0.25, 0.3) is 0 Å². The minimum absolute atomic E-state index is 0.117. The Labute approximate surface area is 83.1 Å². The average molecular weight is 201 g/mol. The van der Waals surface area contributed by atoms with Gasteiger partial charge in [-0.2, -0.15) is 0 Å². The second kappa shape index (κ2) is 6.43. The molecule has 0 atom stereocenters. The molecule has 1 heterocycles. The number of nitrogens with one attached hydrogen (secondary N) is 1. The fourth-order valence-electron chi connectivity index (χ4n) is 0.653. The number of nitrogens with zero attached hydrogens (tertiary/aromatic N) is 1. The number of anilines is 1. The fraction of sp³-hybridized carbons (Fsp3) is 0.333. The number of carbonyl (C=O) groups excluding carboxylic acids is 1. The van der Waals surface area contributed by atoms with Crippen molar-refractivity contribution in [3.63, 3.8) is 0 Å². The van der Waals surface area contributed by atoms with Gasteiger partial charge in [0, 0.05) is 6.92 Å². The third-order valence-electron chi connectivity index (χ3n) is 1.05. The number of rotatable bonds is 1. The summed E-state index contributed by atoms with van der Waals surface area (Å²) in [4.78, 5) is 14.3. The van der Waals surface area contributed by atoms with Crippen molar-refractivity contribution in [2.24, 2.45) is 0 Å². The first kappa shape index (κ1) is 11.9. The van der Waals surface area contributed by atoms with Crippen molar-refractivity contribution in [3.8, 4) is 0 Å². The summed E-state index contributed by atoms with van der Waals surface area (Å²) in [6, 6.07) is 3.31. The molecule has 0 aliphatic carbocycles. The lowest BCUT2D eigenvalue weighted by Crippen LogP contribution is -2.05. The standard InChI is InChI=1S/C7H7ClN2O.C2H6/c1-5(11)10-6-2-3-7(8)9-4-6;1-2/h2-4H,1H3,(H,10,11);1-2H3. The topological polar surface area (TPSA) is 42.0 Å². The van der Waals surface area contributed by atoms with Crippen LogP contribution in [-0.4, -0.2) is 10.9 Å². The van der Waals surface area contributed by atoms with Crippen LogP contribution in [-0.2, 0) is 4.79 Å². The lowest BCUT2D eigenvalue weighted by atomic mass is 10.4. The molecule has 0 saturated carbocycles. The molecular weight excluding hydrogens is 188 g/mol. The van der Waals surface area contributed by atoms with Crippen LogP contribution in [0.5, 0.6) is 0 Å². The molecule has 1 rings (SSSR count). The van der Waals surface area contributed by atoms with Gasteiger partial charge in [-0.15, -0.1) is 0 Å². The van der Waals surface area contributed by atoms with E-state index in [0.717, 1.165) is 0 Å². The molecule has 0 aliphatic rings. The third kappa shape index (κ3) is 5.20. The third-order valence-corrected chi connectivity index (χ3v) is 1.27. The number of pyridine rings is 1. The van der Waals surface area contributed by atoms with E-state index in [4.69, 9.17) is 11.6 Å². The van der Waals surface area contributed by atoms with Gasteiger partial charge in [-0.05, 0) is 12.1 Å². The van der Waals surface area contributed by atoms with Gasteiger partial charge in [0.2, 0.25) is 5.91 Å². The van der Waals surface area contributed by atoms with Crippen molar-refractivity contribution >= 4 is 23.2 Å². The Morgan fingerprint density at radius 2 is 2.08 bits per heavy atom. The van der Waals surface area contributed by atoms with Crippen molar-refractivity contribution in [2.75, 3.05) is 5.32 Å². The Morgan fingerprint density at radius 1 is 1.46 bits per heavy atom. The van der Waals surface area contributed by atoms with E-state index in [1.54, 1.807) is 12.1 Å². The second-order valence-electron chi connectivity index (χ2n) is 2.05. The summed E-state index contributed by atoms with van der Waals surface area (Å²) >= 11 is 5.52. The molecule has 13 heavy (non-hydrogen) atoms. The van der Waals surface area contributed by atoms with Crippen molar-refractivity contribution < 1.29 is 4.79 Å². The van der Waals surface area contributed by atoms with Crippen LogP contribution in [0.15, 0.2) is 18.3 Å². The first-order valence-electron chi connectivity index (χ1n) is 4.07. The Hall–Kier alpha value is -1.09. The second-order valence-corrected chi connectivity index (χ2v) is 2.44. The van der Waals surface area contributed by atoms with Crippen LogP contribution in [0.25, 0.3) is 0 Å². The highest BCUT2D eigenvalue weighted by atomic mass is 35.5. The fourth-order valence-corrected chi connectivity index (χ4v) is 0.765. The largest absolute Gasteiger partial charge is 0.325 e. The Kier molecular flexibility index (Phi) is 5.89. The van der Waals surface area contributed by atoms with Gasteiger partial charge >= 0.3 is 0 Å². The smallest absolute Gasteiger partial charge is 0.221 e. The minimum atomic E-state index is -0.117. The highest BCUT2D eigenvalue weighted by molar-refractivity contribution is 6.29. The van der Waals surface area contributed by atoms with Gasteiger partial charge in [0.1, 0.15) is 5.15 Å². The summed E-state index contributed by atoms with van der Waals surface area (Å²) in [5.41, 5.74) is 0.655. The van der Waals surface area contributed by atoms with Gasteiger partial charge in [-0.3, -0.25) is 4.79 Å². The van der Waals surface area contributed by atoms with Crippen LogP contribution in [0.4, 0.5) is 5.69 Å². The van der Waals surface area contributed by atoms with Gasteiger partial charge in [0.15, 0.2) is 0 Å². The monoisotopic (exact) mass is 200 g/mol. The number of hydrogen-bond donors (Lipinski definition) is 1. The molecule has 0 aliphatic heterocycles. The summed E-state index contributed by atoms with van der Waals surface area (Å²) in [7, 11) is 0. The summed E-state index contributed by atoms with van der Waals surface area (Å²) in [6.07, 6.45) is 1.50. The Morgan fingerprint density at radius 3 is 2.46 bits per heavy atom. The lowest BCUT2D eigenvalue weighted by molar-refractivity contribution is -0.114. The number of amides is 1. The predicted molar refractivity (Wildman–Crippen MR) is 54.9 cm³/mol. The van der Waals surface area contributed by atoms with Crippen LogP contribution < -0.4 is 5.32 Å². The van der Waals surface area contributed by atoms with E-state index < -0.39 is 0 Å². The highest BCUT2D eigenvalue weighted by Gasteiger charge is 1.94. The van der Waals surface area contributed by atoms with E-state index in [1.807, 2.05) is 13.8 Å². The molecule has 1 aromatic rings. The molecule has 0 saturated heterocycles. The first-order chi connectivity index (χ1) is 6.18. The molecule has 0 fully saturated rings. The molecule has 0 unspecified atom stereocenters. The summed E-state index contributed by atoms with van der Waals surface area (Å²) < 4.78 is 0. The van der Waals surface area contributed by atoms with E-state index in [2.05, 4.69) is 10.3 Å². The van der Waals surface area contributed by atoms with Crippen LogP contribution in [0.2, 0.25) is 5.15 Å².